The minimum Gasteiger partial charge on any atom is -0.379 e. The number of aryl methyl sites for hydroxylation is 1. The summed E-state index contributed by atoms with van der Waals surface area (Å²) in [6, 6.07) is 9.27. The first kappa shape index (κ1) is 17.6. The van der Waals surface area contributed by atoms with Gasteiger partial charge in [0.2, 0.25) is 10.0 Å². The van der Waals surface area contributed by atoms with Crippen molar-refractivity contribution in [1.29, 1.82) is 5.26 Å². The number of hydrogen-bond acceptors (Lipinski definition) is 5. The van der Waals surface area contributed by atoms with Crippen molar-refractivity contribution in [1.82, 2.24) is 14.1 Å². The zero-order valence-corrected chi connectivity index (χ0v) is 15.1. The van der Waals surface area contributed by atoms with E-state index in [-0.39, 0.29) is 4.90 Å². The zero-order valence-electron chi connectivity index (χ0n) is 14.3. The number of benzene rings is 1. The molecule has 1 aromatic carbocycles. The van der Waals surface area contributed by atoms with E-state index in [0.717, 1.165) is 5.56 Å². The highest BCUT2D eigenvalue weighted by Gasteiger charge is 2.31. The van der Waals surface area contributed by atoms with Crippen molar-refractivity contribution in [2.24, 2.45) is 0 Å². The molecule has 7 nitrogen and oxygen atoms in total. The van der Waals surface area contributed by atoms with Crippen molar-refractivity contribution in [3.05, 3.63) is 46.8 Å². The minimum absolute atomic E-state index is 0.281. The molecule has 2 aromatic rings. The fourth-order valence-corrected chi connectivity index (χ4v) is 4.76. The molecule has 1 aliphatic rings. The average Bonchev–Trinajstić information content (AvgIpc) is 2.90. The van der Waals surface area contributed by atoms with Crippen LogP contribution in [-0.2, 0) is 21.3 Å². The Kier molecular flexibility index (Phi) is 4.90. The molecule has 0 spiro atoms. The van der Waals surface area contributed by atoms with E-state index >= 15 is 0 Å². The quantitative estimate of drug-likeness (QED) is 0.823. The van der Waals surface area contributed by atoms with E-state index in [0.29, 0.717) is 49.8 Å². The normalized spacial score (nSPS) is 15.9. The van der Waals surface area contributed by atoms with E-state index in [1.807, 2.05) is 12.1 Å². The lowest BCUT2D eigenvalue weighted by Crippen LogP contribution is -2.41. The molecule has 8 heteroatoms. The fourth-order valence-electron chi connectivity index (χ4n) is 2.98. The Morgan fingerprint density at radius 3 is 2.44 bits per heavy atom. The maximum atomic E-state index is 13.0. The molecule has 0 saturated carbocycles. The number of aromatic nitrogens is 2. The van der Waals surface area contributed by atoms with Crippen LogP contribution >= 0.6 is 0 Å². The van der Waals surface area contributed by atoms with Crippen LogP contribution in [0.15, 0.2) is 29.2 Å². The van der Waals surface area contributed by atoms with E-state index in [9.17, 15) is 8.42 Å². The van der Waals surface area contributed by atoms with Gasteiger partial charge >= 0.3 is 0 Å². The third kappa shape index (κ3) is 3.44. The first-order valence-corrected chi connectivity index (χ1v) is 9.48. The van der Waals surface area contributed by atoms with Crippen LogP contribution in [0.5, 0.6) is 0 Å². The van der Waals surface area contributed by atoms with Crippen LogP contribution in [0, 0.1) is 25.2 Å². The Labute approximate surface area is 147 Å². The number of nitrogens with zero attached hydrogens (tertiary/aromatic N) is 4. The highest BCUT2D eigenvalue weighted by molar-refractivity contribution is 7.89. The van der Waals surface area contributed by atoms with Gasteiger partial charge in [-0.2, -0.15) is 14.7 Å². The van der Waals surface area contributed by atoms with Gasteiger partial charge in [0.05, 0.1) is 42.8 Å². The van der Waals surface area contributed by atoms with Crippen LogP contribution in [0.4, 0.5) is 0 Å². The standard InChI is InChI=1S/C17H20N4O3S/c1-13-17(25(22,23)20-7-9-24-10-8-20)14(2)21(19-13)12-16-5-3-15(11-18)4-6-16/h3-6H,7-10,12H2,1-2H3. The molecule has 1 saturated heterocycles. The summed E-state index contributed by atoms with van der Waals surface area (Å²) in [7, 11) is -3.58. The largest absolute Gasteiger partial charge is 0.379 e. The molecule has 132 valence electrons. The van der Waals surface area contributed by atoms with E-state index in [1.54, 1.807) is 30.7 Å². The van der Waals surface area contributed by atoms with Crippen LogP contribution in [-0.4, -0.2) is 48.8 Å². The molecule has 0 radical (unpaired) electrons. The predicted octanol–water partition coefficient (Wildman–Crippen LogP) is 1.44. The minimum atomic E-state index is -3.58. The second kappa shape index (κ2) is 6.96. The Hall–Kier alpha value is -2.21. The third-order valence-corrected chi connectivity index (χ3v) is 6.45. The number of ether oxygens (including phenoxy) is 1. The van der Waals surface area contributed by atoms with Gasteiger partial charge in [-0.15, -0.1) is 0 Å². The third-order valence-electron chi connectivity index (χ3n) is 4.30. The molecule has 0 unspecified atom stereocenters. The Morgan fingerprint density at radius 1 is 1.20 bits per heavy atom. The molecular formula is C17H20N4O3S. The maximum absolute atomic E-state index is 13.0. The van der Waals surface area contributed by atoms with Gasteiger partial charge in [-0.1, -0.05) is 12.1 Å². The lowest BCUT2D eigenvalue weighted by Gasteiger charge is -2.26. The second-order valence-corrected chi connectivity index (χ2v) is 7.86. The smallest absolute Gasteiger partial charge is 0.246 e. The van der Waals surface area contributed by atoms with Gasteiger partial charge in [-0.25, -0.2) is 8.42 Å². The molecule has 1 aromatic heterocycles. The van der Waals surface area contributed by atoms with Crippen molar-refractivity contribution in [2.75, 3.05) is 26.3 Å². The monoisotopic (exact) mass is 360 g/mol. The Balaban J connectivity index is 1.91. The molecule has 0 bridgehead atoms. The van der Waals surface area contributed by atoms with Crippen molar-refractivity contribution >= 4 is 10.0 Å². The number of sulfonamides is 1. The molecule has 25 heavy (non-hydrogen) atoms. The lowest BCUT2D eigenvalue weighted by molar-refractivity contribution is 0.0730. The summed E-state index contributed by atoms with van der Waals surface area (Å²) in [4.78, 5) is 0.281. The first-order chi connectivity index (χ1) is 11.9. The summed E-state index contributed by atoms with van der Waals surface area (Å²) < 4.78 is 34.3. The van der Waals surface area contributed by atoms with E-state index in [2.05, 4.69) is 11.2 Å². The molecule has 1 aliphatic heterocycles. The van der Waals surface area contributed by atoms with Crippen molar-refractivity contribution in [3.8, 4) is 6.07 Å². The number of rotatable bonds is 4. The molecule has 3 rings (SSSR count). The SMILES string of the molecule is Cc1nn(Cc2ccc(C#N)cc2)c(C)c1S(=O)(=O)N1CCOCC1. The summed E-state index contributed by atoms with van der Waals surface area (Å²) >= 11 is 0. The predicted molar refractivity (Wildman–Crippen MR) is 91.5 cm³/mol. The summed E-state index contributed by atoms with van der Waals surface area (Å²) in [6.07, 6.45) is 0. The number of hydrogen-bond donors (Lipinski definition) is 0. The van der Waals surface area contributed by atoms with Gasteiger partial charge in [-0.05, 0) is 31.5 Å². The summed E-state index contributed by atoms with van der Waals surface area (Å²) in [5, 5.41) is 13.3. The summed E-state index contributed by atoms with van der Waals surface area (Å²) in [5.41, 5.74) is 2.67. The van der Waals surface area contributed by atoms with Crippen LogP contribution in [0.2, 0.25) is 0 Å². The number of morpholine rings is 1. The Bertz CT molecular complexity index is 905. The van der Waals surface area contributed by atoms with Crippen molar-refractivity contribution in [2.45, 2.75) is 25.3 Å². The van der Waals surface area contributed by atoms with Gasteiger partial charge in [0, 0.05) is 13.1 Å². The van der Waals surface area contributed by atoms with Crippen LogP contribution in [0.1, 0.15) is 22.5 Å². The first-order valence-electron chi connectivity index (χ1n) is 8.04. The van der Waals surface area contributed by atoms with Crippen LogP contribution in [0.3, 0.4) is 0 Å². The van der Waals surface area contributed by atoms with E-state index < -0.39 is 10.0 Å². The highest BCUT2D eigenvalue weighted by atomic mass is 32.2. The van der Waals surface area contributed by atoms with Crippen molar-refractivity contribution < 1.29 is 13.2 Å². The van der Waals surface area contributed by atoms with Gasteiger partial charge in [0.1, 0.15) is 4.90 Å². The molecule has 0 N–H and O–H groups in total. The fraction of sp³-hybridized carbons (Fsp3) is 0.412. The average molecular weight is 360 g/mol. The lowest BCUT2D eigenvalue weighted by atomic mass is 10.1. The Morgan fingerprint density at radius 2 is 1.84 bits per heavy atom. The summed E-state index contributed by atoms with van der Waals surface area (Å²) in [6.45, 7) is 5.50. The molecule has 1 fully saturated rings. The molecule has 0 aliphatic carbocycles. The molecular weight excluding hydrogens is 340 g/mol. The molecule has 2 heterocycles. The van der Waals surface area contributed by atoms with Gasteiger partial charge in [-0.3, -0.25) is 4.68 Å². The van der Waals surface area contributed by atoms with Crippen LogP contribution < -0.4 is 0 Å². The van der Waals surface area contributed by atoms with Crippen LogP contribution in [0.25, 0.3) is 0 Å². The second-order valence-electron chi connectivity index (χ2n) is 5.98. The van der Waals surface area contributed by atoms with E-state index in [4.69, 9.17) is 10.00 Å². The van der Waals surface area contributed by atoms with Gasteiger partial charge in [0.15, 0.2) is 0 Å². The van der Waals surface area contributed by atoms with Gasteiger partial charge in [0.25, 0.3) is 0 Å². The van der Waals surface area contributed by atoms with Crippen molar-refractivity contribution in [3.63, 3.8) is 0 Å². The maximum Gasteiger partial charge on any atom is 0.246 e. The zero-order chi connectivity index (χ0) is 18.0. The number of nitriles is 1. The molecule has 0 amide bonds. The van der Waals surface area contributed by atoms with Gasteiger partial charge < -0.3 is 4.74 Å². The topological polar surface area (TPSA) is 88.2 Å². The molecule has 0 atom stereocenters. The highest BCUT2D eigenvalue weighted by Crippen LogP contribution is 2.24. The summed E-state index contributed by atoms with van der Waals surface area (Å²) in [5.74, 6) is 0. The van der Waals surface area contributed by atoms with E-state index in [1.165, 1.54) is 4.31 Å².